The lowest BCUT2D eigenvalue weighted by atomic mass is 10.1. The lowest BCUT2D eigenvalue weighted by Crippen LogP contribution is -2.21. The molecule has 0 spiro atoms. The molecule has 0 aliphatic carbocycles. The average molecular weight is 445 g/mol. The number of nitrogens with zero attached hydrogens (tertiary/aromatic N) is 3. The summed E-state index contributed by atoms with van der Waals surface area (Å²) in [6.45, 7) is 6.26. The summed E-state index contributed by atoms with van der Waals surface area (Å²) in [4.78, 5) is 30.0. The van der Waals surface area contributed by atoms with Gasteiger partial charge in [-0.05, 0) is 56.7 Å². The lowest BCUT2D eigenvalue weighted by molar-refractivity contribution is 0.0462. The molecule has 0 bridgehead atoms. The maximum Gasteiger partial charge on any atom is 0.344 e. The molecule has 33 heavy (non-hydrogen) atoms. The van der Waals surface area contributed by atoms with E-state index in [0.717, 1.165) is 29.0 Å². The molecule has 4 heterocycles. The first-order chi connectivity index (χ1) is 15.9. The van der Waals surface area contributed by atoms with Crippen LogP contribution in [-0.2, 0) is 24.3 Å². The molecule has 168 valence electrons. The first kappa shape index (κ1) is 20.9. The van der Waals surface area contributed by atoms with Crippen molar-refractivity contribution >= 4 is 17.0 Å². The molecule has 0 amide bonds. The normalized spacial score (nSPS) is 14.8. The van der Waals surface area contributed by atoms with Crippen LogP contribution in [0.2, 0.25) is 0 Å². The van der Waals surface area contributed by atoms with Gasteiger partial charge in [0.25, 0.3) is 0 Å². The summed E-state index contributed by atoms with van der Waals surface area (Å²) in [6.07, 6.45) is 2.51. The van der Waals surface area contributed by atoms with Gasteiger partial charge in [0.1, 0.15) is 35.4 Å². The average Bonchev–Trinajstić information content (AvgIpc) is 3.42. The van der Waals surface area contributed by atoms with Gasteiger partial charge in [0.05, 0.1) is 5.39 Å². The Morgan fingerprint density at radius 2 is 2.09 bits per heavy atom. The number of rotatable bonds is 5. The topological polar surface area (TPSA) is 96.5 Å². The van der Waals surface area contributed by atoms with E-state index in [9.17, 15) is 9.59 Å². The first-order valence-corrected chi connectivity index (χ1v) is 10.9. The van der Waals surface area contributed by atoms with Gasteiger partial charge in [-0.3, -0.25) is 4.79 Å². The number of pyridine rings is 2. The fourth-order valence-electron chi connectivity index (χ4n) is 4.05. The Bertz CT molecular complexity index is 1440. The van der Waals surface area contributed by atoms with Gasteiger partial charge in [-0.15, -0.1) is 0 Å². The van der Waals surface area contributed by atoms with Gasteiger partial charge in [-0.25, -0.2) is 9.78 Å². The fraction of sp³-hybridized carbons (Fsp3) is 0.280. The predicted molar refractivity (Wildman–Crippen MR) is 121 cm³/mol. The number of benzene rings is 1. The molecule has 1 aromatic carbocycles. The van der Waals surface area contributed by atoms with E-state index in [4.69, 9.17) is 14.0 Å². The molecule has 0 fully saturated rings. The number of hydrogen-bond donors (Lipinski definition) is 0. The molecule has 3 aromatic heterocycles. The minimum Gasteiger partial charge on any atom is -0.490 e. The highest BCUT2D eigenvalue weighted by molar-refractivity contribution is 5.93. The maximum atomic E-state index is 12.9. The van der Waals surface area contributed by atoms with Crippen molar-refractivity contribution in [3.63, 3.8) is 0 Å². The van der Waals surface area contributed by atoms with Crippen molar-refractivity contribution in [3.8, 4) is 17.1 Å². The highest BCUT2D eigenvalue weighted by Gasteiger charge is 2.21. The minimum absolute atomic E-state index is 0.0357. The van der Waals surface area contributed by atoms with Crippen molar-refractivity contribution in [2.75, 3.05) is 0 Å². The van der Waals surface area contributed by atoms with Crippen molar-refractivity contribution in [2.24, 2.45) is 0 Å². The molecule has 0 radical (unpaired) electrons. The van der Waals surface area contributed by atoms with E-state index in [0.29, 0.717) is 29.0 Å². The van der Waals surface area contributed by atoms with Gasteiger partial charge >= 0.3 is 5.97 Å². The third kappa shape index (κ3) is 3.88. The third-order valence-electron chi connectivity index (χ3n) is 5.71. The largest absolute Gasteiger partial charge is 0.490 e. The van der Waals surface area contributed by atoms with Crippen LogP contribution in [0.1, 0.15) is 41.2 Å². The smallest absolute Gasteiger partial charge is 0.344 e. The summed E-state index contributed by atoms with van der Waals surface area (Å²) in [7, 11) is 0. The van der Waals surface area contributed by atoms with Gasteiger partial charge in [-0.2, -0.15) is 0 Å². The zero-order valence-electron chi connectivity index (χ0n) is 18.6. The molecule has 4 aromatic rings. The monoisotopic (exact) mass is 445 g/mol. The number of esters is 1. The predicted octanol–water partition coefficient (Wildman–Crippen LogP) is 4.06. The molecule has 0 unspecified atom stereocenters. The molecule has 1 aliphatic rings. The second-order valence-electron chi connectivity index (χ2n) is 8.20. The Morgan fingerprint density at radius 1 is 1.24 bits per heavy atom. The summed E-state index contributed by atoms with van der Waals surface area (Å²) in [5, 5.41) is 4.39. The Kier molecular flexibility index (Phi) is 5.20. The van der Waals surface area contributed by atoms with Crippen molar-refractivity contribution in [1.29, 1.82) is 0 Å². The van der Waals surface area contributed by atoms with Gasteiger partial charge in [0.2, 0.25) is 5.43 Å². The van der Waals surface area contributed by atoms with E-state index >= 15 is 0 Å². The SMILES string of the molecule is CCn1cc(C(=O)OCc2cc(-c3ccc4c(c3)C[C@@H](C)O4)on2)c(=O)c2ccc(C)nc21. The summed E-state index contributed by atoms with van der Waals surface area (Å²) < 4.78 is 18.3. The van der Waals surface area contributed by atoms with Gasteiger partial charge in [0.15, 0.2) is 5.76 Å². The summed E-state index contributed by atoms with van der Waals surface area (Å²) in [5.74, 6) is 0.750. The standard InChI is InChI=1S/C25H23N3O5/c1-4-28-12-20(23(29)19-7-5-14(2)26-24(19)28)25(30)31-13-18-11-22(33-27-18)16-6-8-21-17(10-16)9-15(3)32-21/h5-8,10-12,15H,4,9,13H2,1-3H3/t15-/m1/s1. The molecule has 0 saturated carbocycles. The summed E-state index contributed by atoms with van der Waals surface area (Å²) in [6, 6.07) is 11.0. The van der Waals surface area contributed by atoms with E-state index in [-0.39, 0.29) is 18.3 Å². The Balaban J connectivity index is 1.34. The van der Waals surface area contributed by atoms with Gasteiger partial charge in [-0.1, -0.05) is 5.16 Å². The number of fused-ring (bicyclic) bond motifs is 2. The number of aromatic nitrogens is 3. The number of aryl methyl sites for hydroxylation is 2. The number of carbonyl (C=O) groups is 1. The van der Waals surface area contributed by atoms with Crippen molar-refractivity contribution in [3.05, 3.63) is 75.3 Å². The van der Waals surface area contributed by atoms with E-state index in [1.807, 2.05) is 39.0 Å². The molecular weight excluding hydrogens is 422 g/mol. The van der Waals surface area contributed by atoms with E-state index in [1.54, 1.807) is 22.8 Å². The molecular formula is C25H23N3O5. The van der Waals surface area contributed by atoms with Crippen LogP contribution in [0.3, 0.4) is 0 Å². The second-order valence-corrected chi connectivity index (χ2v) is 8.20. The zero-order chi connectivity index (χ0) is 23.1. The lowest BCUT2D eigenvalue weighted by Gasteiger charge is -2.10. The quantitative estimate of drug-likeness (QED) is 0.427. The highest BCUT2D eigenvalue weighted by atomic mass is 16.5. The maximum absolute atomic E-state index is 12.9. The number of hydrogen-bond acceptors (Lipinski definition) is 7. The zero-order valence-corrected chi connectivity index (χ0v) is 18.6. The van der Waals surface area contributed by atoms with E-state index in [2.05, 4.69) is 10.1 Å². The summed E-state index contributed by atoms with van der Waals surface area (Å²) >= 11 is 0. The molecule has 8 nitrogen and oxygen atoms in total. The van der Waals surface area contributed by atoms with Crippen LogP contribution in [0.5, 0.6) is 5.75 Å². The molecule has 1 atom stereocenters. The number of carbonyl (C=O) groups excluding carboxylic acids is 1. The Hall–Kier alpha value is -3.94. The van der Waals surface area contributed by atoms with Crippen LogP contribution in [0, 0.1) is 6.92 Å². The highest BCUT2D eigenvalue weighted by Crippen LogP contribution is 2.33. The van der Waals surface area contributed by atoms with Crippen molar-refractivity contribution < 1.29 is 18.8 Å². The molecule has 8 heteroatoms. The minimum atomic E-state index is -0.710. The fourth-order valence-corrected chi connectivity index (χ4v) is 4.05. The van der Waals surface area contributed by atoms with Gasteiger partial charge < -0.3 is 18.6 Å². The Labute approximate surface area is 189 Å². The second kappa shape index (κ2) is 8.20. The van der Waals surface area contributed by atoms with Crippen LogP contribution in [0.25, 0.3) is 22.4 Å². The van der Waals surface area contributed by atoms with Crippen molar-refractivity contribution in [1.82, 2.24) is 14.7 Å². The molecule has 1 aliphatic heterocycles. The Morgan fingerprint density at radius 3 is 2.91 bits per heavy atom. The molecule has 0 N–H and O–H groups in total. The van der Waals surface area contributed by atoms with Crippen LogP contribution < -0.4 is 10.2 Å². The van der Waals surface area contributed by atoms with Crippen molar-refractivity contribution in [2.45, 2.75) is 46.4 Å². The third-order valence-corrected chi connectivity index (χ3v) is 5.71. The first-order valence-electron chi connectivity index (χ1n) is 10.9. The summed E-state index contributed by atoms with van der Waals surface area (Å²) in [5.41, 5.74) is 3.37. The van der Waals surface area contributed by atoms with Crippen LogP contribution in [0.4, 0.5) is 0 Å². The molecule has 5 rings (SSSR count). The van der Waals surface area contributed by atoms with Crippen LogP contribution in [-0.4, -0.2) is 26.8 Å². The molecule has 0 saturated heterocycles. The van der Waals surface area contributed by atoms with Crippen LogP contribution >= 0.6 is 0 Å². The van der Waals surface area contributed by atoms with E-state index < -0.39 is 11.4 Å². The van der Waals surface area contributed by atoms with Gasteiger partial charge in [0, 0.05) is 36.5 Å². The number of ether oxygens (including phenoxy) is 2. The van der Waals surface area contributed by atoms with E-state index in [1.165, 1.54) is 6.20 Å². The van der Waals surface area contributed by atoms with Crippen LogP contribution in [0.15, 0.2) is 51.9 Å².